The predicted octanol–water partition coefficient (Wildman–Crippen LogP) is 6.14. The molecule has 0 aliphatic carbocycles. The van der Waals surface area contributed by atoms with Crippen LogP contribution in [0.15, 0.2) is 72.9 Å². The highest BCUT2D eigenvalue weighted by Gasteiger charge is 2.27. The number of halogens is 1. The first-order valence-electron chi connectivity index (χ1n) is 10.3. The topological polar surface area (TPSA) is 28.3 Å². The van der Waals surface area contributed by atoms with Crippen LogP contribution in [0.1, 0.15) is 24.3 Å². The number of hydrogen-bond acceptors (Lipinski definition) is 2. The summed E-state index contributed by atoms with van der Waals surface area (Å²) in [5, 5.41) is 3.74. The van der Waals surface area contributed by atoms with Crippen LogP contribution in [-0.2, 0) is 0 Å². The van der Waals surface area contributed by atoms with Crippen molar-refractivity contribution in [1.82, 2.24) is 9.88 Å². The number of benzene rings is 3. The van der Waals surface area contributed by atoms with Crippen LogP contribution >= 0.6 is 11.6 Å². The molecule has 29 heavy (non-hydrogen) atoms. The van der Waals surface area contributed by atoms with E-state index >= 15 is 0 Å². The molecule has 0 saturated carbocycles. The van der Waals surface area contributed by atoms with Gasteiger partial charge < -0.3 is 9.72 Å². The number of likely N-dealkylation sites (tertiary alicyclic amines) is 1. The first-order valence-corrected chi connectivity index (χ1v) is 10.9. The average Bonchev–Trinajstić information content (AvgIpc) is 3.27. The third-order valence-electron chi connectivity index (χ3n) is 6.13. The number of ether oxygens (including phenoxy) is 1. The fourth-order valence-electron chi connectivity index (χ4n) is 4.49. The van der Waals surface area contributed by atoms with Crippen molar-refractivity contribution in [2.45, 2.75) is 25.0 Å². The van der Waals surface area contributed by atoms with Gasteiger partial charge in [-0.25, -0.2) is 0 Å². The molecule has 4 aromatic rings. The van der Waals surface area contributed by atoms with Gasteiger partial charge in [0.05, 0.1) is 5.88 Å². The second-order valence-electron chi connectivity index (χ2n) is 7.84. The van der Waals surface area contributed by atoms with Gasteiger partial charge in [0.2, 0.25) is 0 Å². The molecule has 1 N–H and O–H groups in total. The molecule has 0 spiro atoms. The van der Waals surface area contributed by atoms with Crippen molar-refractivity contribution in [3.63, 3.8) is 0 Å². The predicted molar refractivity (Wildman–Crippen MR) is 121 cm³/mol. The van der Waals surface area contributed by atoms with Crippen molar-refractivity contribution < 1.29 is 4.74 Å². The zero-order chi connectivity index (χ0) is 19.6. The number of hydrogen-bond donors (Lipinski definition) is 1. The van der Waals surface area contributed by atoms with E-state index in [0.29, 0.717) is 11.8 Å². The van der Waals surface area contributed by atoms with E-state index in [1.54, 1.807) is 0 Å². The lowest BCUT2D eigenvalue weighted by Gasteiger charge is -2.37. The van der Waals surface area contributed by atoms with Crippen molar-refractivity contribution in [3.05, 3.63) is 78.5 Å². The Hall–Kier alpha value is -2.49. The van der Waals surface area contributed by atoms with Crippen molar-refractivity contribution >= 4 is 33.3 Å². The summed E-state index contributed by atoms with van der Waals surface area (Å²) >= 11 is 6.32. The van der Waals surface area contributed by atoms with E-state index in [9.17, 15) is 0 Å². The lowest BCUT2D eigenvalue weighted by molar-refractivity contribution is 0.0257. The Kier molecular flexibility index (Phi) is 5.17. The molecule has 2 heterocycles. The molecule has 1 atom stereocenters. The molecule has 3 nitrogen and oxygen atoms in total. The van der Waals surface area contributed by atoms with Crippen LogP contribution in [0.25, 0.3) is 21.7 Å². The number of rotatable bonds is 5. The monoisotopic (exact) mass is 404 g/mol. The maximum Gasteiger partial charge on any atom is 0.166 e. The molecule has 0 amide bonds. The van der Waals surface area contributed by atoms with Gasteiger partial charge in [0.15, 0.2) is 6.23 Å². The Morgan fingerprint density at radius 2 is 1.79 bits per heavy atom. The lowest BCUT2D eigenvalue weighted by Crippen LogP contribution is -2.45. The quantitative estimate of drug-likeness (QED) is 0.404. The summed E-state index contributed by atoms with van der Waals surface area (Å²) in [4.78, 5) is 5.63. The van der Waals surface area contributed by atoms with Gasteiger partial charge >= 0.3 is 0 Å². The highest BCUT2D eigenvalue weighted by atomic mass is 35.5. The lowest BCUT2D eigenvalue weighted by atomic mass is 9.88. The number of H-pyrrole nitrogens is 1. The van der Waals surface area contributed by atoms with Crippen molar-refractivity contribution in [1.29, 1.82) is 0 Å². The zero-order valence-corrected chi connectivity index (χ0v) is 17.1. The summed E-state index contributed by atoms with van der Waals surface area (Å²) < 4.78 is 6.35. The van der Waals surface area contributed by atoms with E-state index in [1.807, 2.05) is 18.3 Å². The SMILES string of the molecule is ClCC(Oc1cccc2[nH]ccc12)N1CCC(c2ccc3ccccc3c2)CC1. The van der Waals surface area contributed by atoms with Crippen LogP contribution in [0.3, 0.4) is 0 Å². The molecule has 4 heteroatoms. The number of aromatic amines is 1. The largest absolute Gasteiger partial charge is 0.473 e. The van der Waals surface area contributed by atoms with Crippen LogP contribution in [0.4, 0.5) is 0 Å². The van der Waals surface area contributed by atoms with E-state index in [1.165, 1.54) is 16.3 Å². The van der Waals surface area contributed by atoms with Gasteiger partial charge in [-0.1, -0.05) is 48.5 Å². The molecule has 5 rings (SSSR count). The fourth-order valence-corrected chi connectivity index (χ4v) is 4.75. The molecule has 1 unspecified atom stereocenters. The van der Waals surface area contributed by atoms with Gasteiger partial charge in [-0.3, -0.25) is 4.90 Å². The molecular weight excluding hydrogens is 380 g/mol. The number of piperidine rings is 1. The van der Waals surface area contributed by atoms with Gasteiger partial charge in [-0.2, -0.15) is 0 Å². The summed E-state index contributed by atoms with van der Waals surface area (Å²) in [7, 11) is 0. The molecule has 1 aliphatic rings. The first-order chi connectivity index (χ1) is 14.3. The molecule has 1 aliphatic heterocycles. The van der Waals surface area contributed by atoms with E-state index in [-0.39, 0.29) is 6.23 Å². The fraction of sp³-hybridized carbons (Fsp3) is 0.280. The normalized spacial score (nSPS) is 17.0. The minimum Gasteiger partial charge on any atom is -0.473 e. The molecule has 3 aromatic carbocycles. The highest BCUT2D eigenvalue weighted by Crippen LogP contribution is 2.32. The van der Waals surface area contributed by atoms with Gasteiger partial charge in [-0.15, -0.1) is 11.6 Å². The molecule has 1 aromatic heterocycles. The smallest absolute Gasteiger partial charge is 0.166 e. The Morgan fingerprint density at radius 3 is 2.62 bits per heavy atom. The van der Waals surface area contributed by atoms with Crippen molar-refractivity contribution in [2.75, 3.05) is 19.0 Å². The van der Waals surface area contributed by atoms with Crippen LogP contribution in [-0.4, -0.2) is 35.1 Å². The van der Waals surface area contributed by atoms with E-state index in [2.05, 4.69) is 64.5 Å². The van der Waals surface area contributed by atoms with E-state index in [0.717, 1.165) is 42.6 Å². The summed E-state index contributed by atoms with van der Waals surface area (Å²) in [6.07, 6.45) is 4.10. The van der Waals surface area contributed by atoms with Crippen molar-refractivity contribution in [3.8, 4) is 5.75 Å². The number of nitrogens with one attached hydrogen (secondary N) is 1. The summed E-state index contributed by atoms with van der Waals surface area (Å²) in [6.45, 7) is 2.00. The second-order valence-corrected chi connectivity index (χ2v) is 8.15. The van der Waals surface area contributed by atoms with Gasteiger partial charge in [0, 0.05) is 30.2 Å². The van der Waals surface area contributed by atoms with Crippen LogP contribution in [0.2, 0.25) is 0 Å². The van der Waals surface area contributed by atoms with Gasteiger partial charge in [0.25, 0.3) is 0 Å². The number of aromatic nitrogens is 1. The molecule has 0 radical (unpaired) electrons. The van der Waals surface area contributed by atoms with Crippen molar-refractivity contribution in [2.24, 2.45) is 0 Å². The second kappa shape index (κ2) is 8.10. The number of alkyl halides is 1. The Balaban J connectivity index is 1.27. The van der Waals surface area contributed by atoms with Gasteiger partial charge in [-0.05, 0) is 53.3 Å². The standard InChI is InChI=1S/C25H25ClN2O/c26-17-25(29-24-7-3-6-23-22(24)10-13-27-23)28-14-11-19(12-15-28)21-9-8-18-4-1-2-5-20(18)16-21/h1-10,13,16,19,25,27H,11-12,14-15,17H2. The number of fused-ring (bicyclic) bond motifs is 2. The first kappa shape index (κ1) is 18.5. The minimum absolute atomic E-state index is 0.102. The number of nitrogens with zero attached hydrogens (tertiary/aromatic N) is 1. The van der Waals surface area contributed by atoms with E-state index < -0.39 is 0 Å². The van der Waals surface area contributed by atoms with Crippen LogP contribution in [0.5, 0.6) is 5.75 Å². The third-order valence-corrected chi connectivity index (χ3v) is 6.40. The third kappa shape index (κ3) is 3.73. The van der Waals surface area contributed by atoms with E-state index in [4.69, 9.17) is 16.3 Å². The zero-order valence-electron chi connectivity index (χ0n) is 16.4. The van der Waals surface area contributed by atoms with Crippen LogP contribution in [0, 0.1) is 0 Å². The molecule has 1 saturated heterocycles. The Labute approximate surface area is 176 Å². The van der Waals surface area contributed by atoms with Crippen LogP contribution < -0.4 is 4.74 Å². The summed E-state index contributed by atoms with van der Waals surface area (Å²) in [5.74, 6) is 1.95. The summed E-state index contributed by atoms with van der Waals surface area (Å²) in [6, 6.07) is 23.7. The highest BCUT2D eigenvalue weighted by molar-refractivity contribution is 6.18. The summed E-state index contributed by atoms with van der Waals surface area (Å²) in [5.41, 5.74) is 2.54. The molecule has 148 valence electrons. The Morgan fingerprint density at radius 1 is 0.966 bits per heavy atom. The molecule has 0 bridgehead atoms. The average molecular weight is 405 g/mol. The maximum atomic E-state index is 6.35. The minimum atomic E-state index is -0.102. The Bertz CT molecular complexity index is 1110. The molecule has 1 fully saturated rings. The van der Waals surface area contributed by atoms with Gasteiger partial charge in [0.1, 0.15) is 5.75 Å². The molecular formula is C25H25ClN2O. The maximum absolute atomic E-state index is 6.35.